The molecule has 0 bridgehead atoms. The van der Waals surface area contributed by atoms with E-state index in [0.717, 1.165) is 19.3 Å². The van der Waals surface area contributed by atoms with Gasteiger partial charge in [-0.05, 0) is 37.5 Å². The maximum absolute atomic E-state index is 12.9. The van der Waals surface area contributed by atoms with E-state index in [1.165, 1.54) is 12.1 Å². The summed E-state index contributed by atoms with van der Waals surface area (Å²) < 4.78 is 0. The number of hydrogen-bond donors (Lipinski definition) is 3. The van der Waals surface area contributed by atoms with Crippen molar-refractivity contribution in [2.24, 2.45) is 0 Å². The van der Waals surface area contributed by atoms with E-state index in [9.17, 15) is 19.8 Å². The minimum Gasteiger partial charge on any atom is -0.478 e. The summed E-state index contributed by atoms with van der Waals surface area (Å²) in [7, 11) is 0. The second-order valence-electron chi connectivity index (χ2n) is 5.97. The number of benzene rings is 2. The van der Waals surface area contributed by atoms with Crippen molar-refractivity contribution >= 4 is 17.4 Å². The Morgan fingerprint density at radius 1 is 0.917 bits per heavy atom. The highest BCUT2D eigenvalue weighted by molar-refractivity contribution is 6.16. The number of nitrogens with one attached hydrogen (secondary N) is 1. The van der Waals surface area contributed by atoms with Gasteiger partial charge >= 0.3 is 5.97 Å². The van der Waals surface area contributed by atoms with E-state index in [-0.39, 0.29) is 23.0 Å². The zero-order valence-corrected chi connectivity index (χ0v) is 13.1. The smallest absolute Gasteiger partial charge is 0.336 e. The highest BCUT2D eigenvalue weighted by Gasteiger charge is 2.27. The lowest BCUT2D eigenvalue weighted by Crippen LogP contribution is -2.28. The average Bonchev–Trinajstić information content (AvgIpc) is 2.99. The van der Waals surface area contributed by atoms with Crippen molar-refractivity contribution in [2.75, 3.05) is 5.32 Å². The Labute approximate surface area is 139 Å². The molecule has 1 saturated carbocycles. The van der Waals surface area contributed by atoms with E-state index in [0.29, 0.717) is 11.3 Å². The van der Waals surface area contributed by atoms with Gasteiger partial charge in [-0.2, -0.15) is 0 Å². The molecule has 0 heterocycles. The molecule has 0 amide bonds. The molecule has 0 aliphatic heterocycles. The van der Waals surface area contributed by atoms with Crippen LogP contribution >= 0.6 is 0 Å². The van der Waals surface area contributed by atoms with Crippen molar-refractivity contribution in [1.29, 1.82) is 0 Å². The van der Waals surface area contributed by atoms with Gasteiger partial charge in [-0.1, -0.05) is 30.3 Å². The number of carbonyl (C=O) groups excluding carboxylic acids is 1. The molecule has 0 aromatic heterocycles. The molecule has 5 nitrogen and oxygen atoms in total. The van der Waals surface area contributed by atoms with Crippen LogP contribution in [0.4, 0.5) is 5.69 Å². The maximum atomic E-state index is 12.9. The van der Waals surface area contributed by atoms with Crippen LogP contribution in [0.15, 0.2) is 48.5 Å². The molecule has 1 fully saturated rings. The van der Waals surface area contributed by atoms with Crippen LogP contribution in [0.1, 0.15) is 45.5 Å². The van der Waals surface area contributed by atoms with Crippen molar-refractivity contribution in [3.8, 4) is 0 Å². The molecule has 2 aromatic rings. The highest BCUT2D eigenvalue weighted by atomic mass is 16.4. The lowest BCUT2D eigenvalue weighted by molar-refractivity contribution is 0.0693. The Morgan fingerprint density at radius 2 is 1.54 bits per heavy atom. The van der Waals surface area contributed by atoms with Gasteiger partial charge in [-0.15, -0.1) is 0 Å². The number of carboxylic acid groups (broad SMARTS) is 1. The summed E-state index contributed by atoms with van der Waals surface area (Å²) in [5.74, 6) is -1.47. The summed E-state index contributed by atoms with van der Waals surface area (Å²) in [6.07, 6.45) is 2.10. The van der Waals surface area contributed by atoms with E-state index < -0.39 is 12.1 Å². The molecule has 3 N–H and O–H groups in total. The molecule has 3 rings (SSSR count). The number of ketones is 1. The van der Waals surface area contributed by atoms with E-state index in [2.05, 4.69) is 5.32 Å². The number of rotatable bonds is 5. The third-order valence-corrected chi connectivity index (χ3v) is 4.39. The fraction of sp³-hybridized carbons (Fsp3) is 0.263. The number of para-hydroxylation sites is 1. The van der Waals surface area contributed by atoms with Crippen LogP contribution in [0.5, 0.6) is 0 Å². The number of hydrogen-bond acceptors (Lipinski definition) is 4. The zero-order valence-electron chi connectivity index (χ0n) is 13.1. The van der Waals surface area contributed by atoms with Gasteiger partial charge in [0, 0.05) is 16.8 Å². The van der Waals surface area contributed by atoms with Crippen molar-refractivity contribution < 1.29 is 19.8 Å². The van der Waals surface area contributed by atoms with Gasteiger partial charge in [0.15, 0.2) is 5.78 Å². The molecule has 1 aliphatic rings. The molecule has 2 unspecified atom stereocenters. The molecule has 2 atom stereocenters. The SMILES string of the molecule is O=C(O)c1ccccc1C(=O)c1ccccc1NC1CCCC1O. The van der Waals surface area contributed by atoms with Crippen LogP contribution < -0.4 is 5.32 Å². The number of aliphatic hydroxyl groups excluding tert-OH is 1. The maximum Gasteiger partial charge on any atom is 0.336 e. The summed E-state index contributed by atoms with van der Waals surface area (Å²) in [4.78, 5) is 24.2. The van der Waals surface area contributed by atoms with Crippen molar-refractivity contribution in [1.82, 2.24) is 0 Å². The standard InChI is InChI=1S/C19H19NO4/c21-17-11-5-10-16(17)20-15-9-4-3-8-14(15)18(22)12-6-1-2-7-13(12)19(23)24/h1-4,6-9,16-17,20-21H,5,10-11H2,(H,23,24). The van der Waals surface area contributed by atoms with Crippen molar-refractivity contribution in [3.05, 3.63) is 65.2 Å². The Bertz CT molecular complexity index is 771. The third-order valence-electron chi connectivity index (χ3n) is 4.39. The minimum absolute atomic E-state index is 0.0156. The van der Waals surface area contributed by atoms with Gasteiger partial charge in [-0.3, -0.25) is 4.79 Å². The molecule has 0 spiro atoms. The molecule has 24 heavy (non-hydrogen) atoms. The summed E-state index contributed by atoms with van der Waals surface area (Å²) >= 11 is 0. The van der Waals surface area contributed by atoms with Crippen LogP contribution in [0.3, 0.4) is 0 Å². The van der Waals surface area contributed by atoms with E-state index >= 15 is 0 Å². The first-order chi connectivity index (χ1) is 11.6. The van der Waals surface area contributed by atoms with Gasteiger partial charge in [0.05, 0.1) is 17.7 Å². The molecular weight excluding hydrogens is 306 g/mol. The van der Waals surface area contributed by atoms with Gasteiger partial charge in [0.2, 0.25) is 0 Å². The van der Waals surface area contributed by atoms with Crippen LogP contribution in [0, 0.1) is 0 Å². The largest absolute Gasteiger partial charge is 0.478 e. The predicted octanol–water partition coefficient (Wildman–Crippen LogP) is 2.94. The van der Waals surface area contributed by atoms with Crippen LogP contribution in [-0.2, 0) is 0 Å². The lowest BCUT2D eigenvalue weighted by atomic mass is 9.97. The first-order valence-electron chi connectivity index (χ1n) is 7.98. The number of carbonyl (C=O) groups is 2. The van der Waals surface area contributed by atoms with E-state index in [1.54, 1.807) is 30.3 Å². The quantitative estimate of drug-likeness (QED) is 0.736. The molecule has 2 aromatic carbocycles. The fourth-order valence-corrected chi connectivity index (χ4v) is 3.13. The monoisotopic (exact) mass is 325 g/mol. The fourth-order valence-electron chi connectivity index (χ4n) is 3.13. The molecule has 124 valence electrons. The Kier molecular flexibility index (Phi) is 4.62. The zero-order chi connectivity index (χ0) is 17.1. The van der Waals surface area contributed by atoms with Crippen LogP contribution in [0.25, 0.3) is 0 Å². The second-order valence-corrected chi connectivity index (χ2v) is 5.97. The van der Waals surface area contributed by atoms with Crippen molar-refractivity contribution in [3.63, 3.8) is 0 Å². The second kappa shape index (κ2) is 6.84. The predicted molar refractivity (Wildman–Crippen MR) is 90.5 cm³/mol. The van der Waals surface area contributed by atoms with Gasteiger partial charge in [0.1, 0.15) is 0 Å². The van der Waals surface area contributed by atoms with Gasteiger partial charge in [0.25, 0.3) is 0 Å². The molecule has 0 saturated heterocycles. The van der Waals surface area contributed by atoms with E-state index in [4.69, 9.17) is 0 Å². The minimum atomic E-state index is -1.13. The summed E-state index contributed by atoms with van der Waals surface area (Å²) in [6.45, 7) is 0. The topological polar surface area (TPSA) is 86.6 Å². The average molecular weight is 325 g/mol. The number of anilines is 1. The number of aromatic carboxylic acids is 1. The van der Waals surface area contributed by atoms with Crippen molar-refractivity contribution in [2.45, 2.75) is 31.4 Å². The number of aliphatic hydroxyl groups is 1. The normalized spacial score (nSPS) is 19.9. The Balaban J connectivity index is 1.95. The number of carboxylic acids is 1. The van der Waals surface area contributed by atoms with Gasteiger partial charge in [-0.25, -0.2) is 4.79 Å². The Hall–Kier alpha value is -2.66. The first-order valence-corrected chi connectivity index (χ1v) is 7.98. The molecule has 5 heteroatoms. The Morgan fingerprint density at radius 3 is 2.17 bits per heavy atom. The highest BCUT2D eigenvalue weighted by Crippen LogP contribution is 2.27. The molecule has 0 radical (unpaired) electrons. The third kappa shape index (κ3) is 3.16. The molecule has 1 aliphatic carbocycles. The first kappa shape index (κ1) is 16.2. The summed E-state index contributed by atoms with van der Waals surface area (Å²) in [5, 5.41) is 22.5. The van der Waals surface area contributed by atoms with Crippen LogP contribution in [0.2, 0.25) is 0 Å². The lowest BCUT2D eigenvalue weighted by Gasteiger charge is -2.20. The molecular formula is C19H19NO4. The van der Waals surface area contributed by atoms with Crippen LogP contribution in [-0.4, -0.2) is 34.1 Å². The summed E-state index contributed by atoms with van der Waals surface area (Å²) in [5.41, 5.74) is 1.17. The summed E-state index contributed by atoms with van der Waals surface area (Å²) in [6, 6.07) is 13.1. The van der Waals surface area contributed by atoms with E-state index in [1.807, 2.05) is 6.07 Å². The van der Waals surface area contributed by atoms with Gasteiger partial charge < -0.3 is 15.5 Å².